The Balaban J connectivity index is 2.84. The van der Waals surface area contributed by atoms with Gasteiger partial charge in [0.2, 0.25) is 0 Å². The van der Waals surface area contributed by atoms with E-state index in [-0.39, 0.29) is 6.61 Å². The lowest BCUT2D eigenvalue weighted by atomic mass is 10.0. The number of hydrogen-bond acceptors (Lipinski definition) is 2. The Kier molecular flexibility index (Phi) is 5.71. The van der Waals surface area contributed by atoms with Crippen LogP contribution in [0.1, 0.15) is 12.5 Å². The van der Waals surface area contributed by atoms with Gasteiger partial charge in [0.25, 0.3) is 0 Å². The van der Waals surface area contributed by atoms with E-state index in [1.165, 1.54) is 0 Å². The highest BCUT2D eigenvalue weighted by molar-refractivity contribution is 14.1. The summed E-state index contributed by atoms with van der Waals surface area (Å²) >= 11 is 7.77. The SMILES string of the molecule is C[C](CO)c1cc(I)cc(OCCCl)c1. The summed E-state index contributed by atoms with van der Waals surface area (Å²) < 4.78 is 6.53. The summed E-state index contributed by atoms with van der Waals surface area (Å²) in [5, 5.41) is 9.04. The molecule has 1 N–H and O–H groups in total. The molecule has 0 unspecified atom stereocenters. The second-order valence-electron chi connectivity index (χ2n) is 3.15. The van der Waals surface area contributed by atoms with E-state index in [1.807, 2.05) is 25.1 Å². The van der Waals surface area contributed by atoms with Crippen molar-refractivity contribution < 1.29 is 9.84 Å². The molecular formula is C11H13ClIO2. The van der Waals surface area contributed by atoms with Gasteiger partial charge >= 0.3 is 0 Å². The Hall–Kier alpha value is -0.000000000000000111. The third kappa shape index (κ3) is 4.17. The molecule has 4 heteroatoms. The van der Waals surface area contributed by atoms with Crippen LogP contribution in [0, 0.1) is 9.49 Å². The van der Waals surface area contributed by atoms with Gasteiger partial charge in [-0.1, -0.05) is 6.92 Å². The molecule has 0 spiro atoms. The first-order valence-corrected chi connectivity index (χ1v) is 6.21. The molecule has 1 aromatic carbocycles. The number of ether oxygens (including phenoxy) is 1. The number of benzene rings is 1. The third-order valence-corrected chi connectivity index (χ3v) is 2.72. The van der Waals surface area contributed by atoms with E-state index >= 15 is 0 Å². The van der Waals surface area contributed by atoms with Gasteiger partial charge in [-0.15, -0.1) is 11.6 Å². The molecule has 0 fully saturated rings. The largest absolute Gasteiger partial charge is 0.492 e. The molecule has 0 aromatic heterocycles. The number of aliphatic hydroxyl groups excluding tert-OH is 1. The molecule has 0 aliphatic rings. The smallest absolute Gasteiger partial charge is 0.120 e. The maximum Gasteiger partial charge on any atom is 0.120 e. The summed E-state index contributed by atoms with van der Waals surface area (Å²) in [6, 6.07) is 5.88. The zero-order valence-electron chi connectivity index (χ0n) is 8.46. The van der Waals surface area contributed by atoms with Crippen LogP contribution in [-0.4, -0.2) is 24.2 Å². The summed E-state index contributed by atoms with van der Waals surface area (Å²) in [6.45, 7) is 2.46. The Morgan fingerprint density at radius 1 is 1.47 bits per heavy atom. The van der Waals surface area contributed by atoms with E-state index in [1.54, 1.807) is 0 Å². The van der Waals surface area contributed by atoms with Crippen LogP contribution in [-0.2, 0) is 0 Å². The lowest BCUT2D eigenvalue weighted by Crippen LogP contribution is -2.03. The number of aliphatic hydroxyl groups is 1. The molecule has 0 aliphatic heterocycles. The normalized spacial score (nSPS) is 10.7. The van der Waals surface area contributed by atoms with Gasteiger partial charge in [0.05, 0.1) is 12.5 Å². The van der Waals surface area contributed by atoms with Crippen LogP contribution in [0.2, 0.25) is 0 Å². The zero-order valence-corrected chi connectivity index (χ0v) is 11.4. The standard InChI is InChI=1S/C11H13ClIO2/c1-8(7-14)9-4-10(13)6-11(5-9)15-3-2-12/h4-6,14H,2-3,7H2,1H3. The molecule has 0 saturated carbocycles. The first-order chi connectivity index (χ1) is 7.17. The van der Waals surface area contributed by atoms with Crippen LogP contribution in [0.4, 0.5) is 0 Å². The first-order valence-electron chi connectivity index (χ1n) is 4.60. The predicted molar refractivity (Wildman–Crippen MR) is 70.5 cm³/mol. The van der Waals surface area contributed by atoms with Crippen molar-refractivity contribution in [3.63, 3.8) is 0 Å². The van der Waals surface area contributed by atoms with Crippen molar-refractivity contribution in [2.45, 2.75) is 6.92 Å². The highest BCUT2D eigenvalue weighted by Gasteiger charge is 2.07. The van der Waals surface area contributed by atoms with Gasteiger partial charge in [-0.2, -0.15) is 0 Å². The number of hydrogen-bond donors (Lipinski definition) is 1. The van der Waals surface area contributed by atoms with Crippen LogP contribution in [0.25, 0.3) is 0 Å². The van der Waals surface area contributed by atoms with E-state index in [0.717, 1.165) is 20.8 Å². The van der Waals surface area contributed by atoms with Crippen LogP contribution in [0.15, 0.2) is 18.2 Å². The molecule has 1 radical (unpaired) electrons. The van der Waals surface area contributed by atoms with Crippen molar-refractivity contribution in [2.75, 3.05) is 19.1 Å². The molecule has 1 rings (SSSR count). The predicted octanol–water partition coefficient (Wildman–Crippen LogP) is 2.84. The fourth-order valence-corrected chi connectivity index (χ4v) is 1.86. The summed E-state index contributed by atoms with van der Waals surface area (Å²) in [5.74, 6) is 2.21. The van der Waals surface area contributed by atoms with E-state index in [9.17, 15) is 0 Å². The second kappa shape index (κ2) is 6.55. The van der Waals surface area contributed by atoms with E-state index in [2.05, 4.69) is 22.6 Å². The highest BCUT2D eigenvalue weighted by Crippen LogP contribution is 2.23. The summed E-state index contributed by atoms with van der Waals surface area (Å²) in [4.78, 5) is 0. The molecule has 0 amide bonds. The molecule has 15 heavy (non-hydrogen) atoms. The maximum absolute atomic E-state index is 9.04. The quantitative estimate of drug-likeness (QED) is 0.660. The number of rotatable bonds is 5. The van der Waals surface area contributed by atoms with Crippen molar-refractivity contribution in [2.24, 2.45) is 0 Å². The Labute approximate surface area is 109 Å². The zero-order chi connectivity index (χ0) is 11.3. The number of halogens is 2. The van der Waals surface area contributed by atoms with Crippen LogP contribution < -0.4 is 4.74 Å². The molecule has 0 atom stereocenters. The van der Waals surface area contributed by atoms with Crippen molar-refractivity contribution in [1.82, 2.24) is 0 Å². The average Bonchev–Trinajstić information content (AvgIpc) is 2.24. The molecular weight excluding hydrogens is 326 g/mol. The monoisotopic (exact) mass is 339 g/mol. The highest BCUT2D eigenvalue weighted by atomic mass is 127. The lowest BCUT2D eigenvalue weighted by Gasteiger charge is -2.11. The maximum atomic E-state index is 9.04. The fraction of sp³-hybridized carbons (Fsp3) is 0.364. The van der Waals surface area contributed by atoms with Crippen LogP contribution in [0.3, 0.4) is 0 Å². The molecule has 0 saturated heterocycles. The number of alkyl halides is 1. The minimum absolute atomic E-state index is 0.0645. The molecule has 0 heterocycles. The summed E-state index contributed by atoms with van der Waals surface area (Å²) in [7, 11) is 0. The summed E-state index contributed by atoms with van der Waals surface area (Å²) in [5.41, 5.74) is 1.01. The van der Waals surface area contributed by atoms with Crippen molar-refractivity contribution in [3.05, 3.63) is 33.3 Å². The minimum Gasteiger partial charge on any atom is -0.492 e. The Morgan fingerprint density at radius 3 is 2.80 bits per heavy atom. The van der Waals surface area contributed by atoms with Crippen LogP contribution >= 0.6 is 34.2 Å². The van der Waals surface area contributed by atoms with E-state index < -0.39 is 0 Å². The molecule has 0 bridgehead atoms. The van der Waals surface area contributed by atoms with Crippen LogP contribution in [0.5, 0.6) is 5.75 Å². The van der Waals surface area contributed by atoms with E-state index in [4.69, 9.17) is 21.4 Å². The topological polar surface area (TPSA) is 29.5 Å². The molecule has 0 aliphatic carbocycles. The van der Waals surface area contributed by atoms with Gasteiger partial charge in [0, 0.05) is 9.49 Å². The molecule has 83 valence electrons. The van der Waals surface area contributed by atoms with Gasteiger partial charge < -0.3 is 9.84 Å². The van der Waals surface area contributed by atoms with Crippen molar-refractivity contribution in [3.8, 4) is 5.75 Å². The van der Waals surface area contributed by atoms with Gasteiger partial charge in [0.15, 0.2) is 0 Å². The van der Waals surface area contributed by atoms with Crippen molar-refractivity contribution >= 4 is 34.2 Å². The van der Waals surface area contributed by atoms with Gasteiger partial charge in [0.1, 0.15) is 12.4 Å². The minimum atomic E-state index is 0.0645. The second-order valence-corrected chi connectivity index (χ2v) is 4.78. The Morgan fingerprint density at radius 2 is 2.20 bits per heavy atom. The Bertz CT molecular complexity index is 317. The van der Waals surface area contributed by atoms with Gasteiger partial charge in [-0.25, -0.2) is 0 Å². The summed E-state index contributed by atoms with van der Waals surface area (Å²) in [6.07, 6.45) is 0. The average molecular weight is 340 g/mol. The molecule has 1 aromatic rings. The third-order valence-electron chi connectivity index (χ3n) is 1.95. The molecule has 2 nitrogen and oxygen atoms in total. The van der Waals surface area contributed by atoms with E-state index in [0.29, 0.717) is 12.5 Å². The van der Waals surface area contributed by atoms with Crippen molar-refractivity contribution in [1.29, 1.82) is 0 Å². The first kappa shape index (κ1) is 13.1. The van der Waals surface area contributed by atoms with Gasteiger partial charge in [-0.05, 0) is 46.4 Å². The fourth-order valence-electron chi connectivity index (χ4n) is 1.14. The lowest BCUT2D eigenvalue weighted by molar-refractivity contribution is 0.314. The van der Waals surface area contributed by atoms with Gasteiger partial charge in [-0.3, -0.25) is 0 Å².